The number of carbonyl (C=O) groups is 1. The molecule has 0 fully saturated rings. The fraction of sp³-hybridized carbons (Fsp3) is 0.0909. The quantitative estimate of drug-likeness (QED) is 0.852. The Morgan fingerprint density at radius 2 is 1.95 bits per heavy atom. The molecule has 0 saturated carbocycles. The summed E-state index contributed by atoms with van der Waals surface area (Å²) in [7, 11) is 0. The third-order valence-electron chi connectivity index (χ3n) is 2.11. The van der Waals surface area contributed by atoms with E-state index in [1.54, 1.807) is 12.1 Å². The van der Waals surface area contributed by atoms with Crippen molar-refractivity contribution in [1.29, 1.82) is 0 Å². The fourth-order valence-corrected chi connectivity index (χ4v) is 1.93. The lowest BCUT2D eigenvalue weighted by atomic mass is 10.2. The van der Waals surface area contributed by atoms with Gasteiger partial charge in [0.15, 0.2) is 12.4 Å². The zero-order chi connectivity index (χ0) is 14.5. The summed E-state index contributed by atoms with van der Waals surface area (Å²) < 4.78 is 6.40. The second-order valence-corrected chi connectivity index (χ2v) is 4.40. The van der Waals surface area contributed by atoms with Crippen LogP contribution in [0.4, 0.5) is 0 Å². The Morgan fingerprint density at radius 1 is 1.35 bits per heavy atom. The number of halogens is 2. The molecule has 9 heteroatoms. The maximum absolute atomic E-state index is 10.4. The largest absolute Gasteiger partial charge is 0.479 e. The number of rotatable bonds is 5. The molecule has 0 aliphatic carbocycles. The van der Waals surface area contributed by atoms with E-state index in [0.717, 1.165) is 0 Å². The highest BCUT2D eigenvalue weighted by Gasteiger charge is 2.10. The van der Waals surface area contributed by atoms with Crippen molar-refractivity contribution in [3.63, 3.8) is 0 Å². The summed E-state index contributed by atoms with van der Waals surface area (Å²) in [5.41, 5.74) is 0.622. The van der Waals surface area contributed by atoms with Gasteiger partial charge in [-0.15, -0.1) is 10.2 Å². The molecule has 0 atom stereocenters. The van der Waals surface area contributed by atoms with Gasteiger partial charge in [-0.2, -0.15) is 5.10 Å². The van der Waals surface area contributed by atoms with Gasteiger partial charge in [0.25, 0.3) is 0 Å². The average Bonchev–Trinajstić information content (AvgIpc) is 2.88. The molecule has 0 bridgehead atoms. The van der Waals surface area contributed by atoms with E-state index in [0.29, 0.717) is 5.56 Å². The van der Waals surface area contributed by atoms with Crippen LogP contribution in [0, 0.1) is 0 Å². The molecule has 1 aromatic heterocycles. The van der Waals surface area contributed by atoms with E-state index in [2.05, 4.69) is 15.3 Å². The van der Waals surface area contributed by atoms with Crippen LogP contribution in [0.3, 0.4) is 0 Å². The van der Waals surface area contributed by atoms with Gasteiger partial charge >= 0.3 is 5.97 Å². The summed E-state index contributed by atoms with van der Waals surface area (Å²) in [4.78, 5) is 10.4. The maximum Gasteiger partial charge on any atom is 0.341 e. The lowest BCUT2D eigenvalue weighted by molar-refractivity contribution is -0.139. The minimum absolute atomic E-state index is 0.122. The molecule has 20 heavy (non-hydrogen) atoms. The van der Waals surface area contributed by atoms with Crippen LogP contribution in [0.5, 0.6) is 5.75 Å². The molecule has 104 valence electrons. The molecule has 0 spiro atoms. The Hall–Kier alpha value is -2.12. The number of carboxylic acids is 1. The van der Waals surface area contributed by atoms with Crippen molar-refractivity contribution in [3.05, 3.63) is 40.4 Å². The maximum atomic E-state index is 10.4. The minimum Gasteiger partial charge on any atom is -0.479 e. The van der Waals surface area contributed by atoms with Gasteiger partial charge in [-0.3, -0.25) is 0 Å². The summed E-state index contributed by atoms with van der Waals surface area (Å²) in [5.74, 6) is -0.993. The molecule has 0 radical (unpaired) electrons. The third-order valence-corrected chi connectivity index (χ3v) is 2.67. The molecule has 2 rings (SSSR count). The Balaban J connectivity index is 2.19. The van der Waals surface area contributed by atoms with E-state index < -0.39 is 12.6 Å². The van der Waals surface area contributed by atoms with Gasteiger partial charge in [0.2, 0.25) is 0 Å². The SMILES string of the molecule is O=C(O)COc1c(Cl)cc(/C=N\n2cnnc2)cc1Cl. The summed E-state index contributed by atoms with van der Waals surface area (Å²) in [5, 5.41) is 20.2. The van der Waals surface area contributed by atoms with E-state index in [-0.39, 0.29) is 15.8 Å². The van der Waals surface area contributed by atoms with E-state index in [9.17, 15) is 4.79 Å². The van der Waals surface area contributed by atoms with Crippen LogP contribution >= 0.6 is 23.2 Å². The van der Waals surface area contributed by atoms with Crippen molar-refractivity contribution in [2.24, 2.45) is 5.10 Å². The Labute approximate surface area is 123 Å². The van der Waals surface area contributed by atoms with Crippen molar-refractivity contribution < 1.29 is 14.6 Å². The van der Waals surface area contributed by atoms with Crippen molar-refractivity contribution in [2.75, 3.05) is 6.61 Å². The second-order valence-electron chi connectivity index (χ2n) is 3.58. The number of aliphatic carboxylic acids is 1. The van der Waals surface area contributed by atoms with E-state index >= 15 is 0 Å². The van der Waals surface area contributed by atoms with Crippen LogP contribution in [-0.2, 0) is 4.79 Å². The second kappa shape index (κ2) is 6.36. The molecule has 7 nitrogen and oxygen atoms in total. The first-order chi connectivity index (χ1) is 9.56. The van der Waals surface area contributed by atoms with Gasteiger partial charge < -0.3 is 9.84 Å². The molecular formula is C11H8Cl2N4O3. The molecule has 0 saturated heterocycles. The topological polar surface area (TPSA) is 89.6 Å². The molecule has 0 amide bonds. The van der Waals surface area contributed by atoms with Crippen molar-refractivity contribution in [2.45, 2.75) is 0 Å². The van der Waals surface area contributed by atoms with Gasteiger partial charge in [-0.05, 0) is 17.7 Å². The number of carboxylic acid groups (broad SMARTS) is 1. The first kappa shape index (κ1) is 14.3. The first-order valence-electron chi connectivity index (χ1n) is 5.29. The highest BCUT2D eigenvalue weighted by Crippen LogP contribution is 2.33. The highest BCUT2D eigenvalue weighted by molar-refractivity contribution is 6.37. The number of hydrogen-bond acceptors (Lipinski definition) is 5. The first-order valence-corrected chi connectivity index (χ1v) is 6.04. The predicted molar refractivity (Wildman–Crippen MR) is 72.6 cm³/mol. The van der Waals surface area contributed by atoms with E-state index in [1.807, 2.05) is 0 Å². The Morgan fingerprint density at radius 3 is 2.50 bits per heavy atom. The molecule has 0 aliphatic heterocycles. The van der Waals surface area contributed by atoms with Crippen LogP contribution in [0.15, 0.2) is 29.9 Å². The zero-order valence-electron chi connectivity index (χ0n) is 9.90. The monoisotopic (exact) mass is 314 g/mol. The molecular weight excluding hydrogens is 307 g/mol. The Bertz CT molecular complexity index is 620. The van der Waals surface area contributed by atoms with E-state index in [1.165, 1.54) is 23.5 Å². The molecule has 1 N–H and O–H groups in total. The molecule has 0 unspecified atom stereocenters. The van der Waals surface area contributed by atoms with Crippen LogP contribution in [0.1, 0.15) is 5.56 Å². The predicted octanol–water partition coefficient (Wildman–Crippen LogP) is 1.93. The van der Waals surface area contributed by atoms with Gasteiger partial charge in [0.1, 0.15) is 12.7 Å². The summed E-state index contributed by atoms with van der Waals surface area (Å²) in [6.45, 7) is -0.520. The van der Waals surface area contributed by atoms with Crippen molar-refractivity contribution in [3.8, 4) is 5.75 Å². The average molecular weight is 315 g/mol. The Kier molecular flexibility index (Phi) is 4.54. The summed E-state index contributed by atoms with van der Waals surface area (Å²) in [6, 6.07) is 3.11. The van der Waals surface area contributed by atoms with Crippen molar-refractivity contribution >= 4 is 35.4 Å². The minimum atomic E-state index is -1.12. The smallest absolute Gasteiger partial charge is 0.341 e. The fourth-order valence-electron chi connectivity index (χ4n) is 1.31. The zero-order valence-corrected chi connectivity index (χ0v) is 11.4. The lowest BCUT2D eigenvalue weighted by Crippen LogP contribution is -2.10. The number of benzene rings is 1. The van der Waals surface area contributed by atoms with Crippen LogP contribution < -0.4 is 4.74 Å². The summed E-state index contributed by atoms with van der Waals surface area (Å²) >= 11 is 12.0. The van der Waals surface area contributed by atoms with Gasteiger partial charge in [-0.25, -0.2) is 9.47 Å². The van der Waals surface area contributed by atoms with E-state index in [4.69, 9.17) is 33.0 Å². The van der Waals surface area contributed by atoms with Gasteiger partial charge in [-0.1, -0.05) is 23.2 Å². The number of nitrogens with zero attached hydrogens (tertiary/aromatic N) is 4. The standard InChI is InChI=1S/C11H8Cl2N4O3/c12-8-1-7(3-16-17-5-14-15-6-17)2-9(13)11(8)20-4-10(18)19/h1-3,5-6H,4H2,(H,18,19)/b16-3-. The van der Waals surface area contributed by atoms with Crippen LogP contribution in [-0.4, -0.2) is 38.8 Å². The molecule has 1 aromatic carbocycles. The van der Waals surface area contributed by atoms with Crippen molar-refractivity contribution in [1.82, 2.24) is 14.9 Å². The molecule has 0 aliphatic rings. The van der Waals surface area contributed by atoms with Gasteiger partial charge in [0.05, 0.1) is 16.3 Å². The highest BCUT2D eigenvalue weighted by atomic mass is 35.5. The third kappa shape index (κ3) is 3.69. The summed E-state index contributed by atoms with van der Waals surface area (Å²) in [6.07, 6.45) is 4.34. The number of aromatic nitrogens is 3. The lowest BCUT2D eigenvalue weighted by Gasteiger charge is -2.08. The molecule has 2 aromatic rings. The van der Waals surface area contributed by atoms with Crippen LogP contribution in [0.2, 0.25) is 10.0 Å². The van der Waals surface area contributed by atoms with Crippen LogP contribution in [0.25, 0.3) is 0 Å². The molecule has 1 heterocycles. The number of hydrogen-bond donors (Lipinski definition) is 1. The normalized spacial score (nSPS) is 10.9. The van der Waals surface area contributed by atoms with Gasteiger partial charge in [0, 0.05) is 0 Å². The number of ether oxygens (including phenoxy) is 1.